The number of unbranched alkanes of at least 4 members (excludes halogenated alkanes) is 1. The standard InChI is InChI=1S/C16H35NO4/c1-5-6-7-18-8-9-19-10-11-20-12-13-21-16(3)14-15(2)17-4/h15-17H,5-14H2,1-4H3. The van der Waals surface area contributed by atoms with Crippen LogP contribution >= 0.6 is 0 Å². The Balaban J connectivity index is 3.12. The lowest BCUT2D eigenvalue weighted by Gasteiger charge is -2.17. The molecule has 0 heterocycles. The Morgan fingerprint density at radius 1 is 0.810 bits per heavy atom. The van der Waals surface area contributed by atoms with Gasteiger partial charge in [-0.25, -0.2) is 0 Å². The third-order valence-electron chi connectivity index (χ3n) is 3.19. The van der Waals surface area contributed by atoms with Crippen LogP contribution in [0.2, 0.25) is 0 Å². The van der Waals surface area contributed by atoms with E-state index in [1.54, 1.807) is 0 Å². The minimum absolute atomic E-state index is 0.257. The maximum Gasteiger partial charge on any atom is 0.0704 e. The molecule has 21 heavy (non-hydrogen) atoms. The quantitative estimate of drug-likeness (QED) is 0.443. The van der Waals surface area contributed by atoms with Gasteiger partial charge in [-0.1, -0.05) is 13.3 Å². The Kier molecular flexibility index (Phi) is 16.0. The van der Waals surface area contributed by atoms with Gasteiger partial charge in [0.1, 0.15) is 0 Å². The molecule has 0 saturated heterocycles. The fourth-order valence-corrected chi connectivity index (χ4v) is 1.78. The van der Waals surface area contributed by atoms with Gasteiger partial charge in [-0.15, -0.1) is 0 Å². The van der Waals surface area contributed by atoms with Gasteiger partial charge >= 0.3 is 0 Å². The summed E-state index contributed by atoms with van der Waals surface area (Å²) in [7, 11) is 1.97. The van der Waals surface area contributed by atoms with Crippen molar-refractivity contribution in [2.24, 2.45) is 0 Å². The second kappa shape index (κ2) is 16.2. The van der Waals surface area contributed by atoms with Crippen molar-refractivity contribution in [3.8, 4) is 0 Å². The molecule has 0 aliphatic rings. The Morgan fingerprint density at radius 2 is 1.33 bits per heavy atom. The van der Waals surface area contributed by atoms with E-state index >= 15 is 0 Å². The van der Waals surface area contributed by atoms with Gasteiger partial charge in [0.05, 0.1) is 45.7 Å². The third kappa shape index (κ3) is 16.0. The van der Waals surface area contributed by atoms with E-state index in [9.17, 15) is 0 Å². The van der Waals surface area contributed by atoms with Crippen molar-refractivity contribution in [1.29, 1.82) is 0 Å². The van der Waals surface area contributed by atoms with Crippen LogP contribution < -0.4 is 5.32 Å². The van der Waals surface area contributed by atoms with Gasteiger partial charge in [-0.3, -0.25) is 0 Å². The first-order valence-corrected chi connectivity index (χ1v) is 8.22. The van der Waals surface area contributed by atoms with Crippen molar-refractivity contribution in [2.75, 3.05) is 53.3 Å². The minimum Gasteiger partial charge on any atom is -0.379 e. The van der Waals surface area contributed by atoms with Crippen LogP contribution in [0, 0.1) is 0 Å². The van der Waals surface area contributed by atoms with Crippen molar-refractivity contribution in [3.63, 3.8) is 0 Å². The molecule has 1 N–H and O–H groups in total. The summed E-state index contributed by atoms with van der Waals surface area (Å²) in [5, 5.41) is 3.20. The smallest absolute Gasteiger partial charge is 0.0704 e. The predicted octanol–water partition coefficient (Wildman–Crippen LogP) is 2.24. The zero-order valence-corrected chi connectivity index (χ0v) is 14.4. The van der Waals surface area contributed by atoms with Crippen molar-refractivity contribution in [1.82, 2.24) is 5.32 Å². The molecule has 0 rings (SSSR count). The van der Waals surface area contributed by atoms with E-state index in [0.717, 1.165) is 19.4 Å². The summed E-state index contributed by atoms with van der Waals surface area (Å²) in [6, 6.07) is 0.480. The summed E-state index contributed by atoms with van der Waals surface area (Å²) < 4.78 is 21.9. The van der Waals surface area contributed by atoms with Gasteiger partial charge in [-0.05, 0) is 33.7 Å². The number of hydrogen-bond donors (Lipinski definition) is 1. The van der Waals surface area contributed by atoms with E-state index in [4.69, 9.17) is 18.9 Å². The van der Waals surface area contributed by atoms with Crippen LogP contribution in [-0.2, 0) is 18.9 Å². The SMILES string of the molecule is CCCCOCCOCCOCCOC(C)CC(C)NC. The van der Waals surface area contributed by atoms with E-state index in [-0.39, 0.29) is 6.10 Å². The highest BCUT2D eigenvalue weighted by Crippen LogP contribution is 2.01. The first-order valence-electron chi connectivity index (χ1n) is 8.22. The highest BCUT2D eigenvalue weighted by atomic mass is 16.6. The first-order chi connectivity index (χ1) is 10.2. The van der Waals surface area contributed by atoms with E-state index < -0.39 is 0 Å². The van der Waals surface area contributed by atoms with Crippen LogP contribution in [0.4, 0.5) is 0 Å². The van der Waals surface area contributed by atoms with Crippen molar-refractivity contribution < 1.29 is 18.9 Å². The molecule has 0 aromatic rings. The highest BCUT2D eigenvalue weighted by Gasteiger charge is 2.06. The molecular weight excluding hydrogens is 270 g/mol. The summed E-state index contributed by atoms with van der Waals surface area (Å²) in [4.78, 5) is 0. The van der Waals surface area contributed by atoms with E-state index in [1.165, 1.54) is 6.42 Å². The molecular formula is C16H35NO4. The topological polar surface area (TPSA) is 49.0 Å². The lowest BCUT2D eigenvalue weighted by atomic mass is 10.1. The van der Waals surface area contributed by atoms with Crippen molar-refractivity contribution >= 4 is 0 Å². The number of hydrogen-bond acceptors (Lipinski definition) is 5. The second-order valence-corrected chi connectivity index (χ2v) is 5.30. The van der Waals surface area contributed by atoms with Gasteiger partial charge in [0.25, 0.3) is 0 Å². The zero-order chi connectivity index (χ0) is 15.8. The fourth-order valence-electron chi connectivity index (χ4n) is 1.78. The summed E-state index contributed by atoms with van der Waals surface area (Å²) in [6.07, 6.45) is 3.56. The Morgan fingerprint density at radius 3 is 1.86 bits per heavy atom. The molecule has 2 unspecified atom stereocenters. The second-order valence-electron chi connectivity index (χ2n) is 5.30. The normalized spacial score (nSPS) is 14.3. The molecule has 0 saturated carbocycles. The molecule has 0 spiro atoms. The molecule has 128 valence electrons. The maximum atomic E-state index is 5.67. The number of nitrogens with one attached hydrogen (secondary N) is 1. The largest absolute Gasteiger partial charge is 0.379 e. The van der Waals surface area contributed by atoms with Crippen molar-refractivity contribution in [2.45, 2.75) is 52.2 Å². The molecule has 0 amide bonds. The fraction of sp³-hybridized carbons (Fsp3) is 1.00. The van der Waals surface area contributed by atoms with Gasteiger partial charge in [-0.2, -0.15) is 0 Å². The molecule has 0 aliphatic carbocycles. The third-order valence-corrected chi connectivity index (χ3v) is 3.19. The van der Waals surface area contributed by atoms with Gasteiger partial charge in [0.15, 0.2) is 0 Å². The first kappa shape index (κ1) is 20.8. The number of ether oxygens (including phenoxy) is 4. The zero-order valence-electron chi connectivity index (χ0n) is 14.4. The maximum absolute atomic E-state index is 5.67. The number of rotatable bonds is 16. The molecule has 0 aromatic carbocycles. The Hall–Kier alpha value is -0.200. The summed E-state index contributed by atoms with van der Waals surface area (Å²) >= 11 is 0. The van der Waals surface area contributed by atoms with Gasteiger partial charge in [0, 0.05) is 12.6 Å². The Labute approximate surface area is 130 Å². The van der Waals surface area contributed by atoms with Crippen LogP contribution in [0.15, 0.2) is 0 Å². The van der Waals surface area contributed by atoms with E-state index in [1.807, 2.05) is 7.05 Å². The van der Waals surface area contributed by atoms with Crippen LogP contribution in [0.3, 0.4) is 0 Å². The average molecular weight is 305 g/mol. The van der Waals surface area contributed by atoms with Crippen molar-refractivity contribution in [3.05, 3.63) is 0 Å². The van der Waals surface area contributed by atoms with Crippen LogP contribution in [0.5, 0.6) is 0 Å². The molecule has 0 bridgehead atoms. The average Bonchev–Trinajstić information content (AvgIpc) is 2.48. The van der Waals surface area contributed by atoms with Crippen LogP contribution in [0.1, 0.15) is 40.0 Å². The van der Waals surface area contributed by atoms with Crippen LogP contribution in [0.25, 0.3) is 0 Å². The lowest BCUT2D eigenvalue weighted by Crippen LogP contribution is -2.27. The van der Waals surface area contributed by atoms with Gasteiger partial charge < -0.3 is 24.3 Å². The summed E-state index contributed by atoms with van der Waals surface area (Å²) in [5.41, 5.74) is 0. The van der Waals surface area contributed by atoms with Crippen LogP contribution in [-0.4, -0.2) is 65.4 Å². The molecule has 0 aliphatic heterocycles. The molecule has 2 atom stereocenters. The summed E-state index contributed by atoms with van der Waals surface area (Å²) in [5.74, 6) is 0. The lowest BCUT2D eigenvalue weighted by molar-refractivity contribution is -0.0178. The highest BCUT2D eigenvalue weighted by molar-refractivity contribution is 4.62. The van der Waals surface area contributed by atoms with Gasteiger partial charge in [0.2, 0.25) is 0 Å². The molecule has 5 nitrogen and oxygen atoms in total. The molecule has 0 aromatic heterocycles. The summed E-state index contributed by atoms with van der Waals surface area (Å²) in [6.45, 7) is 11.0. The monoisotopic (exact) mass is 305 g/mol. The molecule has 0 radical (unpaired) electrons. The Bertz CT molecular complexity index is 205. The van der Waals surface area contributed by atoms with E-state index in [0.29, 0.717) is 45.7 Å². The molecule has 0 fully saturated rings. The minimum atomic E-state index is 0.257. The molecule has 5 heteroatoms. The van der Waals surface area contributed by atoms with E-state index in [2.05, 4.69) is 26.1 Å². The predicted molar refractivity (Wildman–Crippen MR) is 85.9 cm³/mol.